The van der Waals surface area contributed by atoms with Crippen LogP contribution in [0.4, 0.5) is 5.69 Å². The maximum atomic E-state index is 12.2. The second-order valence-corrected chi connectivity index (χ2v) is 6.23. The highest BCUT2D eigenvalue weighted by atomic mass is 32.2. The molecule has 0 aromatic carbocycles. The molecule has 19 heavy (non-hydrogen) atoms. The molecule has 0 saturated heterocycles. The fourth-order valence-electron chi connectivity index (χ4n) is 1.52. The van der Waals surface area contributed by atoms with Crippen molar-refractivity contribution in [1.82, 2.24) is 14.8 Å². The molecule has 0 unspecified atom stereocenters. The van der Waals surface area contributed by atoms with Crippen LogP contribution < -0.4 is 4.72 Å². The Bertz CT molecular complexity index is 677. The maximum absolute atomic E-state index is 12.2. The first-order chi connectivity index (χ1) is 8.90. The van der Waals surface area contributed by atoms with Gasteiger partial charge in [0.1, 0.15) is 4.90 Å². The number of nitrogens with one attached hydrogen (secondary N) is 1. The lowest BCUT2D eigenvalue weighted by Crippen LogP contribution is -2.13. The van der Waals surface area contributed by atoms with E-state index in [1.165, 1.54) is 18.6 Å². The Morgan fingerprint density at radius 1 is 1.32 bits per heavy atom. The minimum Gasteiger partial charge on any atom is -0.278 e. The summed E-state index contributed by atoms with van der Waals surface area (Å²) >= 11 is 0. The number of aromatic nitrogens is 3. The number of hydrogen-bond donors (Lipinski definition) is 1. The lowest BCUT2D eigenvalue weighted by atomic mass is 10.3. The van der Waals surface area contributed by atoms with Gasteiger partial charge in [0, 0.05) is 18.4 Å². The molecule has 2 rings (SSSR count). The van der Waals surface area contributed by atoms with Crippen molar-refractivity contribution in [2.24, 2.45) is 0 Å². The van der Waals surface area contributed by atoms with Crippen molar-refractivity contribution in [2.75, 3.05) is 4.72 Å². The van der Waals surface area contributed by atoms with E-state index in [1.54, 1.807) is 16.9 Å². The number of nitrogens with zero attached hydrogens (tertiary/aromatic N) is 3. The Balaban J connectivity index is 2.30. The van der Waals surface area contributed by atoms with Gasteiger partial charge in [-0.1, -0.05) is 0 Å². The van der Waals surface area contributed by atoms with Crippen LogP contribution in [0, 0.1) is 6.92 Å². The van der Waals surface area contributed by atoms with Gasteiger partial charge in [-0.25, -0.2) is 8.42 Å². The molecule has 0 aliphatic heterocycles. The summed E-state index contributed by atoms with van der Waals surface area (Å²) in [5, 5.41) is 4.03. The lowest BCUT2D eigenvalue weighted by Gasteiger charge is -2.08. The smallest absolute Gasteiger partial charge is 0.265 e. The van der Waals surface area contributed by atoms with Gasteiger partial charge in [0.25, 0.3) is 10.0 Å². The van der Waals surface area contributed by atoms with Crippen molar-refractivity contribution in [3.05, 3.63) is 36.4 Å². The van der Waals surface area contributed by atoms with Gasteiger partial charge < -0.3 is 0 Å². The van der Waals surface area contributed by atoms with Gasteiger partial charge in [0.05, 0.1) is 18.1 Å². The molecule has 0 atom stereocenters. The third kappa shape index (κ3) is 2.93. The van der Waals surface area contributed by atoms with Gasteiger partial charge in [-0.15, -0.1) is 0 Å². The van der Waals surface area contributed by atoms with Gasteiger partial charge in [0.2, 0.25) is 0 Å². The number of aryl methyl sites for hydroxylation is 1. The molecule has 0 amide bonds. The van der Waals surface area contributed by atoms with Crippen molar-refractivity contribution in [3.63, 3.8) is 0 Å². The third-order valence-electron chi connectivity index (χ3n) is 2.70. The number of anilines is 1. The van der Waals surface area contributed by atoms with Crippen LogP contribution >= 0.6 is 0 Å². The van der Waals surface area contributed by atoms with Crippen LogP contribution in [0.25, 0.3) is 0 Å². The molecule has 2 aromatic rings. The summed E-state index contributed by atoms with van der Waals surface area (Å²) in [6.45, 7) is 5.68. The summed E-state index contributed by atoms with van der Waals surface area (Å²) in [7, 11) is -3.62. The van der Waals surface area contributed by atoms with Crippen molar-refractivity contribution in [2.45, 2.75) is 31.7 Å². The van der Waals surface area contributed by atoms with Crippen LogP contribution in [-0.2, 0) is 10.0 Å². The molecule has 0 fully saturated rings. The maximum Gasteiger partial charge on any atom is 0.265 e. The SMILES string of the molecule is Cc1ccncc1NS(=O)(=O)c1cnn(C(C)C)c1. The van der Waals surface area contributed by atoms with E-state index in [2.05, 4.69) is 14.8 Å². The predicted molar refractivity (Wildman–Crippen MR) is 72.4 cm³/mol. The average Bonchev–Trinajstić information content (AvgIpc) is 2.82. The van der Waals surface area contributed by atoms with Crippen LogP contribution in [0.3, 0.4) is 0 Å². The van der Waals surface area contributed by atoms with Crippen LogP contribution in [0.15, 0.2) is 35.7 Å². The number of hydrogen-bond acceptors (Lipinski definition) is 4. The van der Waals surface area contributed by atoms with E-state index in [0.29, 0.717) is 5.69 Å². The minimum atomic E-state index is -3.62. The Hall–Kier alpha value is -1.89. The van der Waals surface area contributed by atoms with Gasteiger partial charge in [0.15, 0.2) is 0 Å². The van der Waals surface area contributed by atoms with E-state index >= 15 is 0 Å². The van der Waals surface area contributed by atoms with Gasteiger partial charge in [-0.05, 0) is 32.4 Å². The molecule has 102 valence electrons. The van der Waals surface area contributed by atoms with Gasteiger partial charge in [-0.2, -0.15) is 5.10 Å². The summed E-state index contributed by atoms with van der Waals surface area (Å²) in [4.78, 5) is 4.05. The molecule has 6 nitrogen and oxygen atoms in total. The highest BCUT2D eigenvalue weighted by Crippen LogP contribution is 2.18. The molecule has 2 heterocycles. The normalized spacial score (nSPS) is 11.8. The highest BCUT2D eigenvalue weighted by molar-refractivity contribution is 7.92. The summed E-state index contributed by atoms with van der Waals surface area (Å²) < 4.78 is 28.5. The highest BCUT2D eigenvalue weighted by Gasteiger charge is 2.18. The minimum absolute atomic E-state index is 0.115. The van der Waals surface area contributed by atoms with E-state index in [4.69, 9.17) is 0 Å². The summed E-state index contributed by atoms with van der Waals surface area (Å²) in [6, 6.07) is 1.86. The van der Waals surface area contributed by atoms with Crippen molar-refractivity contribution in [3.8, 4) is 0 Å². The molecular weight excluding hydrogens is 264 g/mol. The average molecular weight is 280 g/mol. The van der Waals surface area contributed by atoms with Gasteiger partial charge >= 0.3 is 0 Å². The number of rotatable bonds is 4. The van der Waals surface area contributed by atoms with E-state index in [9.17, 15) is 8.42 Å². The first kappa shape index (κ1) is 13.5. The molecule has 0 saturated carbocycles. The van der Waals surface area contributed by atoms with Gasteiger partial charge in [-0.3, -0.25) is 14.4 Å². The van der Waals surface area contributed by atoms with Crippen molar-refractivity contribution < 1.29 is 8.42 Å². The monoisotopic (exact) mass is 280 g/mol. The largest absolute Gasteiger partial charge is 0.278 e. The van der Waals surface area contributed by atoms with E-state index in [1.807, 2.05) is 20.8 Å². The molecular formula is C12H16N4O2S. The Morgan fingerprint density at radius 2 is 2.05 bits per heavy atom. The molecule has 0 aliphatic rings. The number of sulfonamides is 1. The summed E-state index contributed by atoms with van der Waals surface area (Å²) in [6.07, 6.45) is 5.95. The quantitative estimate of drug-likeness (QED) is 0.928. The second kappa shape index (κ2) is 5.00. The predicted octanol–water partition coefficient (Wildman–Crippen LogP) is 1.97. The molecule has 0 spiro atoms. The Kier molecular flexibility index (Phi) is 3.57. The van der Waals surface area contributed by atoms with Crippen LogP contribution in [0.1, 0.15) is 25.5 Å². The second-order valence-electron chi connectivity index (χ2n) is 4.55. The fourth-order valence-corrected chi connectivity index (χ4v) is 2.57. The first-order valence-electron chi connectivity index (χ1n) is 5.88. The summed E-state index contributed by atoms with van der Waals surface area (Å²) in [5.41, 5.74) is 1.29. The lowest BCUT2D eigenvalue weighted by molar-refractivity contribution is 0.531. The molecule has 0 radical (unpaired) electrons. The third-order valence-corrected chi connectivity index (χ3v) is 4.02. The Labute approximate surface area is 112 Å². The first-order valence-corrected chi connectivity index (χ1v) is 7.36. The zero-order chi connectivity index (χ0) is 14.0. The summed E-state index contributed by atoms with van der Waals surface area (Å²) in [5.74, 6) is 0. The molecule has 0 aliphatic carbocycles. The zero-order valence-electron chi connectivity index (χ0n) is 11.0. The molecule has 2 aromatic heterocycles. The standard InChI is InChI=1S/C12H16N4O2S/c1-9(2)16-8-11(6-14-16)19(17,18)15-12-7-13-5-4-10(12)3/h4-9,15H,1-3H3. The van der Waals surface area contributed by atoms with Crippen molar-refractivity contribution >= 4 is 15.7 Å². The molecule has 1 N–H and O–H groups in total. The van der Waals surface area contributed by atoms with E-state index in [-0.39, 0.29) is 10.9 Å². The zero-order valence-corrected chi connectivity index (χ0v) is 11.8. The number of pyridine rings is 1. The van der Waals surface area contributed by atoms with Crippen LogP contribution in [0.5, 0.6) is 0 Å². The van der Waals surface area contributed by atoms with Crippen LogP contribution in [0.2, 0.25) is 0 Å². The Morgan fingerprint density at radius 3 is 2.63 bits per heavy atom. The fraction of sp³-hybridized carbons (Fsp3) is 0.333. The topological polar surface area (TPSA) is 76.9 Å². The molecule has 7 heteroatoms. The molecule has 0 bridgehead atoms. The van der Waals surface area contributed by atoms with E-state index < -0.39 is 10.0 Å². The van der Waals surface area contributed by atoms with Crippen molar-refractivity contribution in [1.29, 1.82) is 0 Å². The van der Waals surface area contributed by atoms with E-state index in [0.717, 1.165) is 5.56 Å². The van der Waals surface area contributed by atoms with Crippen LogP contribution in [-0.4, -0.2) is 23.2 Å².